The molecule has 0 aromatic carbocycles. The zero-order chi connectivity index (χ0) is 25.9. The summed E-state index contributed by atoms with van der Waals surface area (Å²) in [5.74, 6) is 1.35. The minimum atomic E-state index is -0.737. The van der Waals surface area contributed by atoms with Crippen molar-refractivity contribution < 1.29 is 29.6 Å². The number of methoxy groups -OCH3 is 1. The molecule has 1 unspecified atom stereocenters. The van der Waals surface area contributed by atoms with Crippen molar-refractivity contribution >= 4 is 5.97 Å². The normalized spacial score (nSPS) is 47.1. The van der Waals surface area contributed by atoms with Crippen LogP contribution in [-0.2, 0) is 14.3 Å². The molecule has 4 fully saturated rings. The first-order valence-electron chi connectivity index (χ1n) is 14.1. The van der Waals surface area contributed by atoms with Gasteiger partial charge in [-0.05, 0) is 90.8 Å². The summed E-state index contributed by atoms with van der Waals surface area (Å²) in [4.78, 5) is 13.2. The number of aliphatic hydroxyl groups excluding tert-OH is 3. The topological polar surface area (TPSA) is 96.2 Å². The molecule has 0 aromatic heterocycles. The third-order valence-electron chi connectivity index (χ3n) is 11.8. The Morgan fingerprint density at radius 3 is 2.29 bits per heavy atom. The van der Waals surface area contributed by atoms with E-state index in [0.717, 1.165) is 25.7 Å². The van der Waals surface area contributed by atoms with E-state index >= 15 is 0 Å². The van der Waals surface area contributed by atoms with Crippen molar-refractivity contribution in [2.24, 2.45) is 58.2 Å². The zero-order valence-corrected chi connectivity index (χ0v) is 22.9. The average molecular weight is 495 g/mol. The van der Waals surface area contributed by atoms with Crippen molar-refractivity contribution in [3.8, 4) is 0 Å². The second kappa shape index (κ2) is 9.89. The molecule has 3 N–H and O–H groups in total. The highest BCUT2D eigenvalue weighted by molar-refractivity contribution is 5.74. The van der Waals surface area contributed by atoms with Gasteiger partial charge in [0.2, 0.25) is 0 Å². The predicted octanol–water partition coefficient (Wildman–Crippen LogP) is 4.04. The molecule has 0 radical (unpaired) electrons. The molecule has 202 valence electrons. The Morgan fingerprint density at radius 1 is 1.00 bits per heavy atom. The lowest BCUT2D eigenvalue weighted by molar-refractivity contribution is -0.164. The van der Waals surface area contributed by atoms with Gasteiger partial charge in [-0.3, -0.25) is 4.79 Å². The van der Waals surface area contributed by atoms with Crippen LogP contribution in [0.1, 0.15) is 80.1 Å². The monoisotopic (exact) mass is 494 g/mol. The number of ether oxygens (including phenoxy) is 2. The molecule has 3 aliphatic carbocycles. The first-order chi connectivity index (χ1) is 16.4. The van der Waals surface area contributed by atoms with E-state index in [1.54, 1.807) is 7.11 Å². The van der Waals surface area contributed by atoms with Crippen molar-refractivity contribution in [1.29, 1.82) is 0 Å². The summed E-state index contributed by atoms with van der Waals surface area (Å²) in [6.07, 6.45) is 2.93. The molecule has 3 saturated carbocycles. The van der Waals surface area contributed by atoms with Crippen molar-refractivity contribution in [1.82, 2.24) is 0 Å². The highest BCUT2D eigenvalue weighted by Gasteiger charge is 2.63. The molecule has 0 spiro atoms. The molecular formula is C29H50O6. The van der Waals surface area contributed by atoms with E-state index in [0.29, 0.717) is 43.1 Å². The van der Waals surface area contributed by atoms with E-state index in [9.17, 15) is 20.1 Å². The van der Waals surface area contributed by atoms with Gasteiger partial charge in [0.1, 0.15) is 0 Å². The Labute approximate surface area is 212 Å². The van der Waals surface area contributed by atoms with Crippen LogP contribution in [0.3, 0.4) is 0 Å². The van der Waals surface area contributed by atoms with E-state index in [2.05, 4.69) is 34.6 Å². The SMILES string of the molecule is CO[C@H]1CC2C(=O)OC[C@H]3[C@@H]4CC[C@H]([C@H](C)[C@@H](O)[C@H](O)[C@@H](C)C(C)C)[C@@]4(C)CC[C@@H]3[C@@]2(C)C[C@H]1O. The Kier molecular flexibility index (Phi) is 7.72. The lowest BCUT2D eigenvalue weighted by Gasteiger charge is -2.56. The van der Waals surface area contributed by atoms with Crippen LogP contribution in [0.15, 0.2) is 0 Å². The molecule has 1 aliphatic heterocycles. The van der Waals surface area contributed by atoms with Crippen molar-refractivity contribution in [2.45, 2.75) is 104 Å². The van der Waals surface area contributed by atoms with Gasteiger partial charge in [0, 0.05) is 7.11 Å². The Morgan fingerprint density at radius 2 is 1.66 bits per heavy atom. The van der Waals surface area contributed by atoms with Crippen LogP contribution >= 0.6 is 0 Å². The van der Waals surface area contributed by atoms with Gasteiger partial charge >= 0.3 is 5.97 Å². The molecule has 0 amide bonds. The maximum Gasteiger partial charge on any atom is 0.309 e. The molecular weight excluding hydrogens is 444 g/mol. The van der Waals surface area contributed by atoms with E-state index in [4.69, 9.17) is 9.47 Å². The molecule has 0 aromatic rings. The maximum absolute atomic E-state index is 13.2. The molecule has 6 heteroatoms. The second-order valence-electron chi connectivity index (χ2n) is 13.5. The summed E-state index contributed by atoms with van der Waals surface area (Å²) in [7, 11) is 1.61. The van der Waals surface area contributed by atoms with Crippen LogP contribution in [0, 0.1) is 58.2 Å². The summed E-state index contributed by atoms with van der Waals surface area (Å²) >= 11 is 0. The van der Waals surface area contributed by atoms with Gasteiger partial charge in [-0.2, -0.15) is 0 Å². The van der Waals surface area contributed by atoms with E-state index in [1.165, 1.54) is 0 Å². The van der Waals surface area contributed by atoms with Gasteiger partial charge < -0.3 is 24.8 Å². The zero-order valence-electron chi connectivity index (χ0n) is 22.9. The molecule has 4 rings (SSSR count). The predicted molar refractivity (Wildman–Crippen MR) is 134 cm³/mol. The number of carbonyl (C=O) groups excluding carboxylic acids is 1. The third kappa shape index (κ3) is 4.38. The summed E-state index contributed by atoms with van der Waals surface area (Å²) in [6.45, 7) is 13.4. The van der Waals surface area contributed by atoms with Gasteiger partial charge in [-0.25, -0.2) is 0 Å². The van der Waals surface area contributed by atoms with Gasteiger partial charge in [0.25, 0.3) is 0 Å². The quantitative estimate of drug-likeness (QED) is 0.482. The maximum atomic E-state index is 13.2. The molecule has 0 bridgehead atoms. The van der Waals surface area contributed by atoms with E-state index in [-0.39, 0.29) is 46.6 Å². The Bertz CT molecular complexity index is 770. The number of aliphatic hydroxyl groups is 3. The van der Waals surface area contributed by atoms with Crippen molar-refractivity contribution in [3.05, 3.63) is 0 Å². The number of rotatable bonds is 6. The van der Waals surface area contributed by atoms with Crippen LogP contribution in [-0.4, -0.2) is 59.4 Å². The molecule has 6 nitrogen and oxygen atoms in total. The van der Waals surface area contributed by atoms with Crippen LogP contribution < -0.4 is 0 Å². The van der Waals surface area contributed by atoms with Gasteiger partial charge in [-0.15, -0.1) is 0 Å². The van der Waals surface area contributed by atoms with E-state index in [1.807, 2.05) is 6.92 Å². The minimum Gasteiger partial charge on any atom is -0.465 e. The van der Waals surface area contributed by atoms with Crippen LogP contribution in [0.4, 0.5) is 0 Å². The largest absolute Gasteiger partial charge is 0.465 e. The molecule has 4 aliphatic rings. The highest BCUT2D eigenvalue weighted by atomic mass is 16.5. The smallest absolute Gasteiger partial charge is 0.309 e. The molecule has 13 atom stereocenters. The number of cyclic esters (lactones) is 1. The fourth-order valence-corrected chi connectivity index (χ4v) is 9.19. The lowest BCUT2D eigenvalue weighted by atomic mass is 9.48. The fraction of sp³-hybridized carbons (Fsp3) is 0.966. The van der Waals surface area contributed by atoms with Crippen molar-refractivity contribution in [3.63, 3.8) is 0 Å². The lowest BCUT2D eigenvalue weighted by Crippen LogP contribution is -2.55. The first-order valence-corrected chi connectivity index (χ1v) is 14.1. The molecule has 1 heterocycles. The Balaban J connectivity index is 1.57. The highest BCUT2D eigenvalue weighted by Crippen LogP contribution is 2.66. The summed E-state index contributed by atoms with van der Waals surface area (Å²) < 4.78 is 11.5. The van der Waals surface area contributed by atoms with Gasteiger partial charge in [0.15, 0.2) is 0 Å². The molecule has 1 saturated heterocycles. The fourth-order valence-electron chi connectivity index (χ4n) is 9.19. The number of carbonyl (C=O) groups is 1. The van der Waals surface area contributed by atoms with Gasteiger partial charge in [0.05, 0.1) is 36.9 Å². The number of esters is 1. The third-order valence-corrected chi connectivity index (χ3v) is 11.8. The number of hydrogen-bond donors (Lipinski definition) is 3. The van der Waals surface area contributed by atoms with Crippen molar-refractivity contribution in [2.75, 3.05) is 13.7 Å². The standard InChI is InChI=1S/C29H50O6/c1-15(2)16(3)25(31)26(32)17(4)19-8-9-20-18-14-35-27(33)22-12-24(34-7)23(30)13-29(22,6)21(18)10-11-28(19,20)5/h15-26,30-32H,8-14H2,1-7H3/t16-,17-,18-,19+,20-,21-,22?,23+,24-,25+,26+,28+,29+/m0/s1. The first kappa shape index (κ1) is 27.3. The van der Waals surface area contributed by atoms with Gasteiger partial charge in [-0.1, -0.05) is 41.5 Å². The second-order valence-corrected chi connectivity index (χ2v) is 13.5. The number of fused-ring (bicyclic) bond motifs is 5. The molecule has 35 heavy (non-hydrogen) atoms. The number of hydrogen-bond acceptors (Lipinski definition) is 6. The Hall–Kier alpha value is -0.690. The summed E-state index contributed by atoms with van der Waals surface area (Å²) in [5, 5.41) is 33.0. The van der Waals surface area contributed by atoms with E-state index < -0.39 is 18.3 Å². The van der Waals surface area contributed by atoms with Crippen LogP contribution in [0.25, 0.3) is 0 Å². The summed E-state index contributed by atoms with van der Waals surface area (Å²) in [6, 6.07) is 0. The van der Waals surface area contributed by atoms with Crippen LogP contribution in [0.2, 0.25) is 0 Å². The van der Waals surface area contributed by atoms with Crippen LogP contribution in [0.5, 0.6) is 0 Å². The minimum absolute atomic E-state index is 0.00776. The average Bonchev–Trinajstić information content (AvgIpc) is 3.12. The summed E-state index contributed by atoms with van der Waals surface area (Å²) in [5.41, 5.74) is -0.243.